The van der Waals surface area contributed by atoms with Gasteiger partial charge in [0.05, 0.1) is 10.5 Å². The lowest BCUT2D eigenvalue weighted by molar-refractivity contribution is -0.384. The molecule has 0 aliphatic rings. The summed E-state index contributed by atoms with van der Waals surface area (Å²) in [6.07, 6.45) is -1.13. The molecule has 1 atom stereocenters. The molecule has 0 saturated heterocycles. The van der Waals surface area contributed by atoms with Crippen LogP contribution < -0.4 is 10.6 Å². The fraction of sp³-hybridized carbons (Fsp3) is 0.267. The number of anilines is 2. The zero-order valence-corrected chi connectivity index (χ0v) is 13.7. The first kappa shape index (κ1) is 17.9. The first-order chi connectivity index (χ1) is 11.8. The number of carbonyl (C=O) groups excluding carboxylic acids is 2. The average molecular weight is 348 g/mol. The third kappa shape index (κ3) is 4.31. The second kappa shape index (κ2) is 7.43. The van der Waals surface area contributed by atoms with Crippen molar-refractivity contribution < 1.29 is 23.8 Å². The average Bonchev–Trinajstić information content (AvgIpc) is 2.98. The lowest BCUT2D eigenvalue weighted by Gasteiger charge is -2.12. The van der Waals surface area contributed by atoms with Gasteiger partial charge < -0.3 is 19.9 Å². The molecule has 0 aliphatic heterocycles. The number of nitrogens with one attached hydrogen (secondary N) is 2. The molecular formula is C15H16N4O6. The van der Waals surface area contributed by atoms with Crippen molar-refractivity contribution in [1.29, 1.82) is 0 Å². The number of ether oxygens (including phenoxy) is 1. The minimum atomic E-state index is -1.13. The summed E-state index contributed by atoms with van der Waals surface area (Å²) in [5, 5.41) is 19.7. The van der Waals surface area contributed by atoms with E-state index >= 15 is 0 Å². The van der Waals surface area contributed by atoms with E-state index in [1.165, 1.54) is 32.2 Å². The summed E-state index contributed by atoms with van der Waals surface area (Å²) in [6, 6.07) is 5.34. The lowest BCUT2D eigenvalue weighted by atomic mass is 10.1. The summed E-state index contributed by atoms with van der Waals surface area (Å²) in [4.78, 5) is 34.5. The summed E-state index contributed by atoms with van der Waals surface area (Å²) in [7, 11) is 1.53. The highest BCUT2D eigenvalue weighted by atomic mass is 16.6. The maximum atomic E-state index is 12.1. The number of esters is 1. The summed E-state index contributed by atoms with van der Waals surface area (Å²) in [5.74, 6) is -0.760. The Morgan fingerprint density at radius 1 is 1.36 bits per heavy atom. The quantitative estimate of drug-likeness (QED) is 0.460. The normalized spacial score (nSPS) is 11.5. The molecule has 0 unspecified atom stereocenters. The van der Waals surface area contributed by atoms with Gasteiger partial charge in [-0.15, -0.1) is 0 Å². The Hall–Kier alpha value is -3.43. The molecule has 0 radical (unpaired) electrons. The van der Waals surface area contributed by atoms with Gasteiger partial charge >= 0.3 is 5.97 Å². The monoisotopic (exact) mass is 348 g/mol. The Labute approximate surface area is 142 Å². The number of hydrogen-bond acceptors (Lipinski definition) is 8. The predicted octanol–water partition coefficient (Wildman–Crippen LogP) is 2.12. The molecule has 10 heteroatoms. The van der Waals surface area contributed by atoms with Gasteiger partial charge in [-0.3, -0.25) is 14.9 Å². The molecule has 1 heterocycles. The Balaban J connectivity index is 2.06. The van der Waals surface area contributed by atoms with Gasteiger partial charge in [-0.05, 0) is 26.0 Å². The highest BCUT2D eigenvalue weighted by molar-refractivity contribution is 5.97. The molecule has 2 aromatic rings. The van der Waals surface area contributed by atoms with Crippen LogP contribution in [0.1, 0.15) is 23.0 Å². The maximum Gasteiger partial charge on any atom is 0.339 e. The Bertz CT molecular complexity index is 816. The third-order valence-corrected chi connectivity index (χ3v) is 3.23. The zero-order valence-electron chi connectivity index (χ0n) is 13.7. The summed E-state index contributed by atoms with van der Waals surface area (Å²) >= 11 is 0. The molecule has 1 amide bonds. The Kier molecular flexibility index (Phi) is 5.32. The number of hydrogen-bond donors (Lipinski definition) is 2. The number of nitro groups is 1. The van der Waals surface area contributed by atoms with Crippen molar-refractivity contribution in [2.45, 2.75) is 20.0 Å². The van der Waals surface area contributed by atoms with Crippen LogP contribution in [0, 0.1) is 17.0 Å². The Morgan fingerprint density at radius 3 is 2.64 bits per heavy atom. The maximum absolute atomic E-state index is 12.1. The van der Waals surface area contributed by atoms with Crippen LogP contribution in [0.5, 0.6) is 0 Å². The van der Waals surface area contributed by atoms with E-state index in [0.717, 1.165) is 6.07 Å². The summed E-state index contributed by atoms with van der Waals surface area (Å²) < 4.78 is 9.84. The number of benzene rings is 1. The van der Waals surface area contributed by atoms with Crippen LogP contribution in [-0.4, -0.2) is 35.1 Å². The molecule has 132 valence electrons. The van der Waals surface area contributed by atoms with Crippen LogP contribution in [0.3, 0.4) is 0 Å². The van der Waals surface area contributed by atoms with E-state index in [1.807, 2.05) is 0 Å². The number of amides is 1. The number of carbonyl (C=O) groups is 2. The number of nitro benzene ring substituents is 1. The van der Waals surface area contributed by atoms with Crippen LogP contribution in [0.15, 0.2) is 28.8 Å². The van der Waals surface area contributed by atoms with E-state index in [9.17, 15) is 19.7 Å². The van der Waals surface area contributed by atoms with Gasteiger partial charge in [0.15, 0.2) is 11.9 Å². The molecule has 0 bridgehead atoms. The van der Waals surface area contributed by atoms with Crippen molar-refractivity contribution in [2.24, 2.45) is 0 Å². The smallest absolute Gasteiger partial charge is 0.339 e. The second-order valence-corrected chi connectivity index (χ2v) is 5.10. The van der Waals surface area contributed by atoms with Gasteiger partial charge in [-0.2, -0.15) is 0 Å². The lowest BCUT2D eigenvalue weighted by Crippen LogP contribution is -2.30. The van der Waals surface area contributed by atoms with Crippen LogP contribution in [0.4, 0.5) is 17.2 Å². The standard InChI is InChI=1S/C15H16N4O6/c1-8-6-13(18-25-8)17-14(20)9(2)24-15(21)10-4-5-11(16-3)12(7-10)19(22)23/h4-7,9,16H,1-3H3,(H,17,18,20)/t9-/m1/s1. The van der Waals surface area contributed by atoms with Gasteiger partial charge in [0.2, 0.25) is 0 Å². The minimum absolute atomic E-state index is 0.0392. The van der Waals surface area contributed by atoms with Crippen molar-refractivity contribution >= 4 is 29.1 Å². The van der Waals surface area contributed by atoms with E-state index in [4.69, 9.17) is 9.26 Å². The van der Waals surface area contributed by atoms with Gasteiger partial charge in [0.25, 0.3) is 11.6 Å². The van der Waals surface area contributed by atoms with Crippen LogP contribution in [0.25, 0.3) is 0 Å². The van der Waals surface area contributed by atoms with Crippen molar-refractivity contribution in [2.75, 3.05) is 17.7 Å². The molecule has 0 spiro atoms. The Morgan fingerprint density at radius 2 is 2.08 bits per heavy atom. The summed E-state index contributed by atoms with van der Waals surface area (Å²) in [6.45, 7) is 3.03. The fourth-order valence-electron chi connectivity index (χ4n) is 1.96. The van der Waals surface area contributed by atoms with Crippen LogP contribution in [-0.2, 0) is 9.53 Å². The molecule has 1 aromatic carbocycles. The third-order valence-electron chi connectivity index (χ3n) is 3.23. The van der Waals surface area contributed by atoms with Crippen molar-refractivity contribution in [3.8, 4) is 0 Å². The summed E-state index contributed by atoms with van der Waals surface area (Å²) in [5.41, 5.74) is -0.0523. The molecule has 1 aromatic heterocycles. The fourth-order valence-corrected chi connectivity index (χ4v) is 1.96. The first-order valence-corrected chi connectivity index (χ1v) is 7.23. The van der Waals surface area contributed by atoms with Crippen molar-refractivity contribution in [3.63, 3.8) is 0 Å². The van der Waals surface area contributed by atoms with Crippen LogP contribution >= 0.6 is 0 Å². The zero-order chi connectivity index (χ0) is 18.6. The van der Waals surface area contributed by atoms with Gasteiger partial charge in [0, 0.05) is 19.2 Å². The van der Waals surface area contributed by atoms with Crippen molar-refractivity contribution in [3.05, 3.63) is 45.7 Å². The molecule has 25 heavy (non-hydrogen) atoms. The highest BCUT2D eigenvalue weighted by Crippen LogP contribution is 2.25. The molecule has 2 rings (SSSR count). The minimum Gasteiger partial charge on any atom is -0.449 e. The van der Waals surface area contributed by atoms with Crippen molar-refractivity contribution in [1.82, 2.24) is 5.16 Å². The number of nitrogens with zero attached hydrogens (tertiary/aromatic N) is 2. The topological polar surface area (TPSA) is 137 Å². The molecule has 0 saturated carbocycles. The van der Waals surface area contributed by atoms with Gasteiger partial charge in [0.1, 0.15) is 11.4 Å². The van der Waals surface area contributed by atoms with Gasteiger partial charge in [-0.25, -0.2) is 4.79 Å². The molecule has 10 nitrogen and oxygen atoms in total. The van der Waals surface area contributed by atoms with E-state index < -0.39 is 22.9 Å². The molecule has 0 fully saturated rings. The van der Waals surface area contributed by atoms with E-state index in [2.05, 4.69) is 15.8 Å². The molecule has 2 N–H and O–H groups in total. The number of aromatic nitrogens is 1. The van der Waals surface area contributed by atoms with E-state index in [0.29, 0.717) is 5.76 Å². The van der Waals surface area contributed by atoms with Crippen LogP contribution in [0.2, 0.25) is 0 Å². The number of aryl methyl sites for hydroxylation is 1. The first-order valence-electron chi connectivity index (χ1n) is 7.23. The van der Waals surface area contributed by atoms with E-state index in [-0.39, 0.29) is 22.8 Å². The molecule has 0 aliphatic carbocycles. The molecular weight excluding hydrogens is 332 g/mol. The predicted molar refractivity (Wildman–Crippen MR) is 87.4 cm³/mol. The van der Waals surface area contributed by atoms with E-state index in [1.54, 1.807) is 6.92 Å². The second-order valence-electron chi connectivity index (χ2n) is 5.10. The largest absolute Gasteiger partial charge is 0.449 e. The number of rotatable bonds is 6. The highest BCUT2D eigenvalue weighted by Gasteiger charge is 2.22. The van der Waals surface area contributed by atoms with Gasteiger partial charge in [-0.1, -0.05) is 5.16 Å². The SMILES string of the molecule is CNc1ccc(C(=O)O[C@H](C)C(=O)Nc2cc(C)on2)cc1[N+](=O)[O-].